The summed E-state index contributed by atoms with van der Waals surface area (Å²) in [5, 5.41) is 20.2. The fourth-order valence-corrected chi connectivity index (χ4v) is 7.42. The van der Waals surface area contributed by atoms with Gasteiger partial charge in [-0.2, -0.15) is 18.4 Å². The van der Waals surface area contributed by atoms with Crippen LogP contribution in [-0.4, -0.2) is 68.6 Å². The average Bonchev–Trinajstić information content (AvgIpc) is 3.39. The number of rotatable bonds is 5. The molecule has 0 unspecified atom stereocenters. The summed E-state index contributed by atoms with van der Waals surface area (Å²) in [6.45, 7) is 5.30. The third-order valence-electron chi connectivity index (χ3n) is 8.64. The summed E-state index contributed by atoms with van der Waals surface area (Å²) in [6.07, 6.45) is -3.24. The van der Waals surface area contributed by atoms with Crippen LogP contribution in [0.25, 0.3) is 32.2 Å². The molecule has 4 heterocycles. The van der Waals surface area contributed by atoms with E-state index in [1.54, 1.807) is 31.2 Å². The molecule has 1 aliphatic rings. The molecule has 0 aliphatic carbocycles. The quantitative estimate of drug-likeness (QED) is 0.211. The maximum atomic E-state index is 14.3. The lowest BCUT2D eigenvalue weighted by Crippen LogP contribution is -2.44. The van der Waals surface area contributed by atoms with Crippen molar-refractivity contribution in [3.05, 3.63) is 90.4 Å². The lowest BCUT2D eigenvalue weighted by Gasteiger charge is -2.33. The Balaban J connectivity index is 1.43. The molecular formula is C35H28ClF3N6O3S. The van der Waals surface area contributed by atoms with E-state index in [0.29, 0.717) is 63.0 Å². The molecule has 250 valence electrons. The van der Waals surface area contributed by atoms with E-state index < -0.39 is 23.3 Å². The number of fused-ring (bicyclic) bond motifs is 2. The minimum absolute atomic E-state index is 0.126. The number of nitrogens with zero attached hydrogens (tertiary/aromatic N) is 6. The van der Waals surface area contributed by atoms with Crippen LogP contribution in [-0.2, 0) is 19.3 Å². The zero-order valence-corrected chi connectivity index (χ0v) is 28.1. The van der Waals surface area contributed by atoms with Crippen molar-refractivity contribution in [2.75, 3.05) is 33.2 Å². The first-order valence-corrected chi connectivity index (χ1v) is 16.3. The largest absolute Gasteiger partial charge is 0.478 e. The lowest BCUT2D eigenvalue weighted by molar-refractivity contribution is -0.138. The van der Waals surface area contributed by atoms with Crippen molar-refractivity contribution in [3.63, 3.8) is 0 Å². The van der Waals surface area contributed by atoms with Crippen LogP contribution in [0, 0.1) is 37.0 Å². The van der Waals surface area contributed by atoms with E-state index in [9.17, 15) is 33.1 Å². The first-order valence-electron chi connectivity index (χ1n) is 15.1. The summed E-state index contributed by atoms with van der Waals surface area (Å²) in [7, 11) is 1.93. The molecule has 0 atom stereocenters. The number of thiophene rings is 1. The number of pyridine rings is 1. The van der Waals surface area contributed by atoms with Crippen molar-refractivity contribution in [3.8, 4) is 29.0 Å². The fraction of sp³-hybridized carbons (Fsp3) is 0.286. The predicted octanol–water partition coefficient (Wildman–Crippen LogP) is 6.33. The molecule has 0 saturated carbocycles. The molecule has 2 aromatic carbocycles. The topological polar surface area (TPSA) is 115 Å². The number of carbonyl (C=O) groups is 1. The van der Waals surface area contributed by atoms with Gasteiger partial charge in [-0.15, -0.1) is 11.3 Å². The number of hydrogen-bond acceptors (Lipinski definition) is 8. The summed E-state index contributed by atoms with van der Waals surface area (Å²) >= 11 is 7.67. The van der Waals surface area contributed by atoms with Gasteiger partial charge in [0.2, 0.25) is 0 Å². The SMILES string of the molecule is Cc1sc2c(-c3cc(Cl)ccc3C#CCn3c(C)nc4cc(C(F)(F)F)c(CN5CCN(C)CC5)c(C#N)c4c3=O)ccnc2c1C(=O)O. The van der Waals surface area contributed by atoms with Gasteiger partial charge < -0.3 is 10.0 Å². The van der Waals surface area contributed by atoms with Crippen LogP contribution in [0.4, 0.5) is 13.2 Å². The van der Waals surface area contributed by atoms with Crippen LogP contribution in [0.3, 0.4) is 0 Å². The van der Waals surface area contributed by atoms with Crippen molar-refractivity contribution < 1.29 is 23.1 Å². The number of carboxylic acids is 1. The van der Waals surface area contributed by atoms with Gasteiger partial charge in [-0.3, -0.25) is 19.2 Å². The van der Waals surface area contributed by atoms with Gasteiger partial charge in [0, 0.05) is 65.5 Å². The summed E-state index contributed by atoms with van der Waals surface area (Å²) < 4.78 is 44.9. The Kier molecular flexibility index (Phi) is 9.22. The Morgan fingerprint density at radius 2 is 1.86 bits per heavy atom. The molecule has 1 fully saturated rings. The molecule has 0 amide bonds. The number of aryl methyl sites for hydroxylation is 2. The van der Waals surface area contributed by atoms with Crippen molar-refractivity contribution in [2.24, 2.45) is 0 Å². The molecular weight excluding hydrogens is 677 g/mol. The normalized spacial score (nSPS) is 14.2. The van der Waals surface area contributed by atoms with E-state index >= 15 is 0 Å². The second-order valence-electron chi connectivity index (χ2n) is 11.8. The maximum absolute atomic E-state index is 14.3. The van der Waals surface area contributed by atoms with Crippen molar-refractivity contribution in [2.45, 2.75) is 33.1 Å². The molecule has 14 heteroatoms. The highest BCUT2D eigenvalue weighted by molar-refractivity contribution is 7.20. The van der Waals surface area contributed by atoms with Crippen LogP contribution in [0.15, 0.2) is 41.3 Å². The second-order valence-corrected chi connectivity index (χ2v) is 13.4. The predicted molar refractivity (Wildman–Crippen MR) is 182 cm³/mol. The maximum Gasteiger partial charge on any atom is 0.416 e. The smallest absolute Gasteiger partial charge is 0.416 e. The Hall–Kier alpha value is -4.79. The molecule has 3 aromatic heterocycles. The molecule has 1 N–H and O–H groups in total. The summed E-state index contributed by atoms with van der Waals surface area (Å²) in [6, 6.07) is 9.59. The van der Waals surface area contributed by atoms with Crippen LogP contribution < -0.4 is 5.56 Å². The van der Waals surface area contributed by atoms with Gasteiger partial charge in [0.25, 0.3) is 5.56 Å². The highest BCUT2D eigenvalue weighted by atomic mass is 35.5. The summed E-state index contributed by atoms with van der Waals surface area (Å²) in [4.78, 5) is 39.0. The van der Waals surface area contributed by atoms with Gasteiger partial charge >= 0.3 is 12.1 Å². The average molecular weight is 705 g/mol. The summed E-state index contributed by atoms with van der Waals surface area (Å²) in [5.74, 6) is 5.11. The van der Waals surface area contributed by atoms with E-state index in [-0.39, 0.29) is 46.5 Å². The monoisotopic (exact) mass is 704 g/mol. The van der Waals surface area contributed by atoms with Crippen molar-refractivity contribution >= 4 is 50.0 Å². The number of likely N-dealkylation sites (N-methyl/N-ethyl adjacent to an activating group) is 1. The third-order valence-corrected chi connectivity index (χ3v) is 10.00. The summed E-state index contributed by atoms with van der Waals surface area (Å²) in [5.41, 5.74) is -0.0801. The molecule has 1 saturated heterocycles. The minimum Gasteiger partial charge on any atom is -0.478 e. The van der Waals surface area contributed by atoms with E-state index in [2.05, 4.69) is 26.7 Å². The molecule has 49 heavy (non-hydrogen) atoms. The molecule has 6 rings (SSSR count). The Morgan fingerprint density at radius 1 is 1.12 bits per heavy atom. The number of benzene rings is 2. The van der Waals surface area contributed by atoms with Gasteiger partial charge in [0.15, 0.2) is 0 Å². The Bertz CT molecular complexity index is 2330. The van der Waals surface area contributed by atoms with E-state index in [1.807, 2.05) is 18.0 Å². The number of carboxylic acid groups (broad SMARTS) is 1. The third kappa shape index (κ3) is 6.51. The van der Waals surface area contributed by atoms with Gasteiger partial charge in [-0.25, -0.2) is 9.78 Å². The second kappa shape index (κ2) is 13.3. The van der Waals surface area contributed by atoms with Crippen molar-refractivity contribution in [1.29, 1.82) is 5.26 Å². The number of piperazine rings is 1. The molecule has 0 bridgehead atoms. The molecule has 0 spiro atoms. The fourth-order valence-electron chi connectivity index (χ4n) is 6.11. The lowest BCUT2D eigenvalue weighted by atomic mass is 9.96. The first-order chi connectivity index (χ1) is 23.3. The molecule has 1 aliphatic heterocycles. The van der Waals surface area contributed by atoms with E-state index in [4.69, 9.17) is 11.6 Å². The molecule has 0 radical (unpaired) electrons. The van der Waals surface area contributed by atoms with Gasteiger partial charge in [0.05, 0.1) is 44.4 Å². The number of aromatic nitrogens is 3. The highest BCUT2D eigenvalue weighted by Crippen LogP contribution is 2.39. The van der Waals surface area contributed by atoms with Gasteiger partial charge in [0.1, 0.15) is 11.9 Å². The van der Waals surface area contributed by atoms with E-state index in [1.165, 1.54) is 29.0 Å². The number of alkyl halides is 3. The van der Waals surface area contributed by atoms with E-state index in [0.717, 1.165) is 6.07 Å². The highest BCUT2D eigenvalue weighted by Gasteiger charge is 2.37. The molecule has 9 nitrogen and oxygen atoms in total. The van der Waals surface area contributed by atoms with Gasteiger partial charge in [-0.05, 0) is 56.8 Å². The van der Waals surface area contributed by atoms with Gasteiger partial charge in [-0.1, -0.05) is 23.4 Å². The van der Waals surface area contributed by atoms with Crippen LogP contribution in [0.1, 0.15) is 43.3 Å². The standard InChI is InChI=1S/C35H28ClF3N6O3S/c1-19-29(34(47)48)31-32(49-19)23(8-9-41-31)24-15-22(36)7-6-21(24)5-4-10-45-20(2)42-28-16-27(35(37,38)39)26(25(17-40)30(28)33(45)46)18-44-13-11-43(3)12-14-44/h6-9,15-16H,10-14,18H2,1-3H3,(H,47,48). The van der Waals surface area contributed by atoms with Crippen LogP contribution in [0.2, 0.25) is 5.02 Å². The zero-order chi connectivity index (χ0) is 35.2. The first kappa shape index (κ1) is 34.1. The van der Waals surface area contributed by atoms with Crippen LogP contribution in [0.5, 0.6) is 0 Å². The zero-order valence-electron chi connectivity index (χ0n) is 26.6. The number of aromatic carboxylic acids is 1. The number of hydrogen-bond donors (Lipinski definition) is 1. The molecule has 5 aromatic rings. The Labute approximate surface area is 287 Å². The number of halogens is 4. The van der Waals surface area contributed by atoms with Crippen molar-refractivity contribution in [1.82, 2.24) is 24.3 Å². The number of nitriles is 1. The van der Waals surface area contributed by atoms with Crippen LogP contribution >= 0.6 is 22.9 Å². The Morgan fingerprint density at radius 3 is 2.53 bits per heavy atom. The minimum atomic E-state index is -4.76.